The fourth-order valence-electron chi connectivity index (χ4n) is 3.90. The number of aromatic amines is 1. The third-order valence-electron chi connectivity index (χ3n) is 5.65. The summed E-state index contributed by atoms with van der Waals surface area (Å²) in [5.74, 6) is 0.737. The average Bonchev–Trinajstić information content (AvgIpc) is 3.53. The van der Waals surface area contributed by atoms with E-state index < -0.39 is 5.97 Å². The molecule has 1 saturated carbocycles. The summed E-state index contributed by atoms with van der Waals surface area (Å²) < 4.78 is 5.90. The van der Waals surface area contributed by atoms with Crippen molar-refractivity contribution in [2.24, 2.45) is 5.92 Å². The molecule has 4 aromatic heterocycles. The Bertz CT molecular complexity index is 1200. The SMILES string of the molecule is O=C(O)C[C@H]1CC[C@H](Oc2ncc(-c3ccc(-c4nnc(-c5cscn5)[nH]4)cn3)cn2)CC1. The number of aromatic nitrogens is 7. The molecule has 10 nitrogen and oxygen atoms in total. The largest absolute Gasteiger partial charge is 0.481 e. The minimum Gasteiger partial charge on any atom is -0.481 e. The Morgan fingerprint density at radius 2 is 1.73 bits per heavy atom. The van der Waals surface area contributed by atoms with Gasteiger partial charge in [0, 0.05) is 41.5 Å². The van der Waals surface area contributed by atoms with E-state index >= 15 is 0 Å². The number of nitrogens with one attached hydrogen (secondary N) is 1. The zero-order valence-electron chi connectivity index (χ0n) is 17.6. The third kappa shape index (κ3) is 5.03. The summed E-state index contributed by atoms with van der Waals surface area (Å²) in [6, 6.07) is 4.12. The second-order valence-electron chi connectivity index (χ2n) is 7.94. The Morgan fingerprint density at radius 3 is 2.39 bits per heavy atom. The van der Waals surface area contributed by atoms with Crippen molar-refractivity contribution >= 4 is 17.3 Å². The first-order valence-electron chi connectivity index (χ1n) is 10.6. The van der Waals surface area contributed by atoms with Gasteiger partial charge >= 0.3 is 12.0 Å². The number of aliphatic carboxylic acids is 1. The lowest BCUT2D eigenvalue weighted by Gasteiger charge is -2.27. The van der Waals surface area contributed by atoms with Crippen molar-refractivity contribution in [3.63, 3.8) is 0 Å². The number of hydrogen-bond acceptors (Lipinski definition) is 9. The van der Waals surface area contributed by atoms with Crippen LogP contribution in [0.1, 0.15) is 32.1 Å². The Hall–Kier alpha value is -3.73. The van der Waals surface area contributed by atoms with Crippen LogP contribution in [0.3, 0.4) is 0 Å². The van der Waals surface area contributed by atoms with Crippen molar-refractivity contribution in [3.8, 4) is 40.2 Å². The Labute approximate surface area is 193 Å². The molecule has 2 N–H and O–H groups in total. The van der Waals surface area contributed by atoms with Crippen molar-refractivity contribution in [2.75, 3.05) is 0 Å². The summed E-state index contributed by atoms with van der Waals surface area (Å²) in [7, 11) is 0. The van der Waals surface area contributed by atoms with E-state index in [1.54, 1.807) is 24.1 Å². The number of rotatable bonds is 7. The van der Waals surface area contributed by atoms with Crippen LogP contribution in [0, 0.1) is 5.92 Å². The molecule has 33 heavy (non-hydrogen) atoms. The maximum atomic E-state index is 10.9. The van der Waals surface area contributed by atoms with Crippen molar-refractivity contribution in [3.05, 3.63) is 41.6 Å². The van der Waals surface area contributed by atoms with Crippen LogP contribution >= 0.6 is 11.3 Å². The van der Waals surface area contributed by atoms with E-state index in [-0.39, 0.29) is 18.4 Å². The van der Waals surface area contributed by atoms with E-state index in [4.69, 9.17) is 9.84 Å². The maximum Gasteiger partial charge on any atom is 0.316 e. The van der Waals surface area contributed by atoms with E-state index in [2.05, 4.69) is 35.1 Å². The Morgan fingerprint density at radius 1 is 0.970 bits per heavy atom. The molecule has 4 aromatic rings. The van der Waals surface area contributed by atoms with Gasteiger partial charge in [-0.15, -0.1) is 21.5 Å². The quantitative estimate of drug-likeness (QED) is 0.418. The number of thiazole rings is 1. The third-order valence-corrected chi connectivity index (χ3v) is 6.24. The van der Waals surface area contributed by atoms with Crippen LogP contribution in [0.25, 0.3) is 34.2 Å². The van der Waals surface area contributed by atoms with Gasteiger partial charge < -0.3 is 14.8 Å². The molecule has 0 saturated heterocycles. The average molecular weight is 464 g/mol. The molecule has 168 valence electrons. The van der Waals surface area contributed by atoms with Gasteiger partial charge in [0.15, 0.2) is 11.6 Å². The first-order chi connectivity index (χ1) is 16.1. The molecular formula is C22H21N7O3S. The summed E-state index contributed by atoms with van der Waals surface area (Å²) in [5, 5.41) is 19.2. The number of hydrogen-bond donors (Lipinski definition) is 2. The lowest BCUT2D eigenvalue weighted by molar-refractivity contribution is -0.138. The topological polar surface area (TPSA) is 140 Å². The Balaban J connectivity index is 1.20. The summed E-state index contributed by atoms with van der Waals surface area (Å²) in [6.07, 6.45) is 8.69. The van der Waals surface area contributed by atoms with Gasteiger partial charge in [-0.1, -0.05) is 0 Å². The van der Waals surface area contributed by atoms with Crippen LogP contribution < -0.4 is 4.74 Å². The molecule has 0 aromatic carbocycles. The maximum absolute atomic E-state index is 10.9. The molecular weight excluding hydrogens is 442 g/mol. The van der Waals surface area contributed by atoms with Crippen LogP contribution in [-0.2, 0) is 4.79 Å². The summed E-state index contributed by atoms with van der Waals surface area (Å²) in [4.78, 5) is 31.4. The van der Waals surface area contributed by atoms with Gasteiger partial charge in [0.05, 0.1) is 11.2 Å². The number of H-pyrrole nitrogens is 1. The highest BCUT2D eigenvalue weighted by Crippen LogP contribution is 2.29. The van der Waals surface area contributed by atoms with Crippen LogP contribution in [0.4, 0.5) is 0 Å². The van der Waals surface area contributed by atoms with Gasteiger partial charge in [0.2, 0.25) is 0 Å². The molecule has 1 aliphatic rings. The second-order valence-corrected chi connectivity index (χ2v) is 8.66. The summed E-state index contributed by atoms with van der Waals surface area (Å²) in [5.41, 5.74) is 4.83. The standard InChI is InChI=1S/C22H21N7O3S/c30-19(31)7-13-1-4-16(5-2-13)32-22-24-9-15(10-25-22)17-6-3-14(8-23-17)20-27-21(29-28-20)18-11-33-12-26-18/h3,6,8-13,16H,1-2,4-5,7H2,(H,30,31)(H,27,28,29)/t13-,16-. The van der Waals surface area contributed by atoms with Gasteiger partial charge in [-0.05, 0) is 43.7 Å². The molecule has 4 heterocycles. The molecule has 1 aliphatic carbocycles. The van der Waals surface area contributed by atoms with Gasteiger partial charge in [-0.3, -0.25) is 9.78 Å². The molecule has 0 bridgehead atoms. The lowest BCUT2D eigenvalue weighted by atomic mass is 9.85. The minimum absolute atomic E-state index is 0.0226. The Kier molecular flexibility index (Phi) is 6.03. The highest BCUT2D eigenvalue weighted by molar-refractivity contribution is 7.07. The molecule has 11 heteroatoms. The van der Waals surface area contributed by atoms with Crippen LogP contribution in [-0.4, -0.2) is 52.3 Å². The fourth-order valence-corrected chi connectivity index (χ4v) is 4.44. The number of ether oxygens (including phenoxy) is 1. The van der Waals surface area contributed by atoms with Gasteiger partial charge in [0.1, 0.15) is 11.8 Å². The molecule has 0 atom stereocenters. The van der Waals surface area contributed by atoms with Crippen molar-refractivity contribution in [1.82, 2.24) is 35.1 Å². The van der Waals surface area contributed by atoms with E-state index in [0.29, 0.717) is 17.7 Å². The van der Waals surface area contributed by atoms with Crippen LogP contribution in [0.15, 0.2) is 41.6 Å². The zero-order valence-corrected chi connectivity index (χ0v) is 18.4. The first-order valence-corrected chi connectivity index (χ1v) is 11.6. The van der Waals surface area contributed by atoms with Crippen molar-refractivity contribution < 1.29 is 14.6 Å². The fraction of sp³-hybridized carbons (Fsp3) is 0.318. The smallest absolute Gasteiger partial charge is 0.316 e. The van der Waals surface area contributed by atoms with E-state index in [1.807, 2.05) is 17.5 Å². The van der Waals surface area contributed by atoms with E-state index in [1.165, 1.54) is 11.3 Å². The van der Waals surface area contributed by atoms with Crippen molar-refractivity contribution in [1.29, 1.82) is 0 Å². The molecule has 0 unspecified atom stereocenters. The predicted molar refractivity (Wildman–Crippen MR) is 120 cm³/mol. The van der Waals surface area contributed by atoms with Gasteiger partial charge in [0.25, 0.3) is 0 Å². The normalized spacial score (nSPS) is 18.2. The second kappa shape index (κ2) is 9.41. The van der Waals surface area contributed by atoms with Crippen LogP contribution in [0.5, 0.6) is 6.01 Å². The van der Waals surface area contributed by atoms with Crippen LogP contribution in [0.2, 0.25) is 0 Å². The van der Waals surface area contributed by atoms with Gasteiger partial charge in [-0.25, -0.2) is 15.0 Å². The zero-order chi connectivity index (χ0) is 22.6. The van der Waals surface area contributed by atoms with E-state index in [0.717, 1.165) is 48.2 Å². The minimum atomic E-state index is -0.735. The monoisotopic (exact) mass is 463 g/mol. The summed E-state index contributed by atoms with van der Waals surface area (Å²) >= 11 is 1.50. The molecule has 0 radical (unpaired) electrons. The molecule has 0 amide bonds. The highest BCUT2D eigenvalue weighted by Gasteiger charge is 2.24. The lowest BCUT2D eigenvalue weighted by Crippen LogP contribution is -2.25. The van der Waals surface area contributed by atoms with E-state index in [9.17, 15) is 4.79 Å². The number of carbonyl (C=O) groups is 1. The number of carboxylic acids is 1. The predicted octanol–water partition coefficient (Wildman–Crippen LogP) is 3.86. The number of pyridine rings is 1. The molecule has 0 spiro atoms. The summed E-state index contributed by atoms with van der Waals surface area (Å²) in [6.45, 7) is 0. The first kappa shape index (κ1) is 21.1. The number of carboxylic acid groups (broad SMARTS) is 1. The van der Waals surface area contributed by atoms with Gasteiger partial charge in [-0.2, -0.15) is 0 Å². The molecule has 5 rings (SSSR count). The van der Waals surface area contributed by atoms with Crippen molar-refractivity contribution in [2.45, 2.75) is 38.2 Å². The highest BCUT2D eigenvalue weighted by atomic mass is 32.1. The molecule has 0 aliphatic heterocycles. The molecule has 1 fully saturated rings. The number of nitrogens with zero attached hydrogens (tertiary/aromatic N) is 6.